The number of nitrogens with zero attached hydrogens (tertiary/aromatic N) is 3. The van der Waals surface area contributed by atoms with Gasteiger partial charge in [-0.15, -0.1) is 11.8 Å². The van der Waals surface area contributed by atoms with Gasteiger partial charge in [-0.3, -0.25) is 9.59 Å². The van der Waals surface area contributed by atoms with Crippen molar-refractivity contribution in [3.8, 4) is 23.5 Å². The second-order valence-corrected chi connectivity index (χ2v) is 7.62. The first kappa shape index (κ1) is 22.4. The van der Waals surface area contributed by atoms with Gasteiger partial charge in [-0.1, -0.05) is 0 Å². The first-order valence-electron chi connectivity index (χ1n) is 9.40. The fraction of sp³-hybridized carbons (Fsp3) is 0.136. The number of hydrogen-bond donors (Lipinski definition) is 3. The van der Waals surface area contributed by atoms with Gasteiger partial charge in [0.15, 0.2) is 0 Å². The lowest BCUT2D eigenvalue weighted by Gasteiger charge is -2.11. The molecule has 2 heterocycles. The van der Waals surface area contributed by atoms with Crippen LogP contribution in [0.25, 0.3) is 11.3 Å². The molecule has 0 saturated heterocycles. The van der Waals surface area contributed by atoms with Crippen LogP contribution in [-0.4, -0.2) is 22.6 Å². The molecular formula is C22H18N6O3S. The summed E-state index contributed by atoms with van der Waals surface area (Å²) in [7, 11) is 0. The molecule has 0 unspecified atom stereocenters. The van der Waals surface area contributed by atoms with E-state index in [-0.39, 0.29) is 35.2 Å². The third-order valence-corrected chi connectivity index (χ3v) is 5.22. The van der Waals surface area contributed by atoms with Crippen molar-refractivity contribution < 1.29 is 14.0 Å². The van der Waals surface area contributed by atoms with Crippen LogP contribution in [0.15, 0.2) is 52.1 Å². The Morgan fingerprint density at radius 2 is 1.75 bits per heavy atom. The molecule has 2 aromatic heterocycles. The molecule has 4 N–H and O–H groups in total. The smallest absolute Gasteiger partial charge is 0.225 e. The third kappa shape index (κ3) is 5.25. The van der Waals surface area contributed by atoms with Crippen LogP contribution in [0.5, 0.6) is 0 Å². The molecule has 0 aliphatic heterocycles. The molecule has 2 amide bonds. The summed E-state index contributed by atoms with van der Waals surface area (Å²) >= 11 is 1.19. The van der Waals surface area contributed by atoms with E-state index in [0.29, 0.717) is 33.5 Å². The van der Waals surface area contributed by atoms with Gasteiger partial charge in [-0.25, -0.2) is 4.98 Å². The van der Waals surface area contributed by atoms with Gasteiger partial charge < -0.3 is 20.8 Å². The van der Waals surface area contributed by atoms with Crippen LogP contribution >= 0.6 is 11.8 Å². The normalized spacial score (nSPS) is 10.1. The Hall–Kier alpha value is -4.28. The number of nitrogens with one attached hydrogen (secondary N) is 2. The van der Waals surface area contributed by atoms with Gasteiger partial charge in [0.05, 0.1) is 17.4 Å². The monoisotopic (exact) mass is 446 g/mol. The van der Waals surface area contributed by atoms with E-state index in [2.05, 4.69) is 21.7 Å². The summed E-state index contributed by atoms with van der Waals surface area (Å²) in [6.45, 7) is 1.42. The first-order valence-corrected chi connectivity index (χ1v) is 10.4. The lowest BCUT2D eigenvalue weighted by Crippen LogP contribution is -2.12. The van der Waals surface area contributed by atoms with E-state index >= 15 is 0 Å². The van der Waals surface area contributed by atoms with E-state index in [0.717, 1.165) is 0 Å². The molecule has 3 aromatic rings. The molecule has 160 valence electrons. The summed E-state index contributed by atoms with van der Waals surface area (Å²) in [4.78, 5) is 27.5. The molecule has 0 atom stereocenters. The maximum absolute atomic E-state index is 12.3. The molecule has 0 fully saturated rings. The minimum absolute atomic E-state index is 0.0101. The number of pyridine rings is 1. The van der Waals surface area contributed by atoms with Crippen molar-refractivity contribution in [1.29, 1.82) is 10.5 Å². The summed E-state index contributed by atoms with van der Waals surface area (Å²) in [6, 6.07) is 14.1. The Bertz CT molecular complexity index is 1220. The number of furan rings is 1. The minimum Gasteiger partial charge on any atom is -0.464 e. The maximum Gasteiger partial charge on any atom is 0.225 e. The minimum atomic E-state index is -0.226. The van der Waals surface area contributed by atoms with Crippen molar-refractivity contribution in [3.63, 3.8) is 0 Å². The van der Waals surface area contributed by atoms with Gasteiger partial charge >= 0.3 is 0 Å². The molecular weight excluding hydrogens is 428 g/mol. The summed E-state index contributed by atoms with van der Waals surface area (Å²) in [5.41, 5.74) is 7.69. The number of benzene rings is 1. The van der Waals surface area contributed by atoms with Crippen molar-refractivity contribution in [2.75, 3.05) is 22.1 Å². The average Bonchev–Trinajstić information content (AvgIpc) is 3.29. The van der Waals surface area contributed by atoms with Gasteiger partial charge in [0.1, 0.15) is 34.3 Å². The summed E-state index contributed by atoms with van der Waals surface area (Å²) in [5.74, 6) is 0.262. The van der Waals surface area contributed by atoms with Crippen molar-refractivity contribution in [2.24, 2.45) is 0 Å². The second-order valence-electron chi connectivity index (χ2n) is 6.53. The Morgan fingerprint density at radius 3 is 2.31 bits per heavy atom. The molecule has 3 rings (SSSR count). The van der Waals surface area contributed by atoms with E-state index in [9.17, 15) is 20.1 Å². The Balaban J connectivity index is 1.68. The number of hydrogen-bond acceptors (Lipinski definition) is 8. The maximum atomic E-state index is 12.3. The van der Waals surface area contributed by atoms with Crippen molar-refractivity contribution in [3.05, 3.63) is 53.8 Å². The molecule has 9 nitrogen and oxygen atoms in total. The number of aromatic nitrogens is 1. The van der Waals surface area contributed by atoms with E-state index in [1.165, 1.54) is 24.9 Å². The van der Waals surface area contributed by atoms with E-state index < -0.39 is 0 Å². The predicted octanol–water partition coefficient (Wildman–Crippen LogP) is 3.75. The van der Waals surface area contributed by atoms with Crippen molar-refractivity contribution >= 4 is 40.8 Å². The van der Waals surface area contributed by atoms with Crippen LogP contribution in [-0.2, 0) is 9.59 Å². The molecule has 0 saturated carbocycles. The molecule has 0 spiro atoms. The van der Waals surface area contributed by atoms with Crippen LogP contribution < -0.4 is 16.4 Å². The van der Waals surface area contributed by atoms with E-state index in [1.54, 1.807) is 36.4 Å². The largest absolute Gasteiger partial charge is 0.464 e. The quantitative estimate of drug-likeness (QED) is 0.463. The highest BCUT2D eigenvalue weighted by atomic mass is 32.2. The van der Waals surface area contributed by atoms with Crippen LogP contribution in [0.3, 0.4) is 0 Å². The van der Waals surface area contributed by atoms with Crippen LogP contribution in [0.4, 0.5) is 17.2 Å². The Morgan fingerprint density at radius 1 is 1.09 bits per heavy atom. The standard InChI is InChI=1S/C22H18N6O3S/c1-13(29)26-14-4-6-15(7-5-14)27-19(30)8-10-32-22-17(12-24)20(18-3-2-9-31-18)16(11-23)21(25)28-22/h2-7,9H,8,10H2,1H3,(H2,25,28)(H,26,29)(H,27,30). The third-order valence-electron chi connectivity index (χ3n) is 4.24. The van der Waals surface area contributed by atoms with Gasteiger partial charge in [-0.05, 0) is 36.4 Å². The number of rotatable bonds is 7. The van der Waals surface area contributed by atoms with Crippen LogP contribution in [0, 0.1) is 22.7 Å². The van der Waals surface area contributed by atoms with E-state index in [4.69, 9.17) is 10.2 Å². The number of anilines is 3. The Kier molecular flexibility index (Phi) is 7.11. The fourth-order valence-corrected chi connectivity index (χ4v) is 3.81. The molecule has 1 aromatic carbocycles. The number of carbonyl (C=O) groups is 2. The SMILES string of the molecule is CC(=O)Nc1ccc(NC(=O)CCSc2nc(N)c(C#N)c(-c3ccco3)c2C#N)cc1. The summed E-state index contributed by atoms with van der Waals surface area (Å²) < 4.78 is 5.37. The number of nitriles is 2. The van der Waals surface area contributed by atoms with Crippen molar-refractivity contribution in [2.45, 2.75) is 18.4 Å². The fourth-order valence-electron chi connectivity index (χ4n) is 2.87. The lowest BCUT2D eigenvalue weighted by atomic mass is 10.0. The first-order chi connectivity index (χ1) is 15.4. The zero-order valence-electron chi connectivity index (χ0n) is 17.0. The van der Waals surface area contributed by atoms with Crippen molar-refractivity contribution in [1.82, 2.24) is 4.98 Å². The number of amides is 2. The summed E-state index contributed by atoms with van der Waals surface area (Å²) in [5, 5.41) is 24.9. The molecule has 0 radical (unpaired) electrons. The van der Waals surface area contributed by atoms with Crippen LogP contribution in [0.2, 0.25) is 0 Å². The number of carbonyl (C=O) groups excluding carboxylic acids is 2. The number of nitrogen functional groups attached to an aromatic ring is 1. The predicted molar refractivity (Wildman–Crippen MR) is 120 cm³/mol. The molecule has 0 aliphatic carbocycles. The Labute approximate surface area is 188 Å². The summed E-state index contributed by atoms with van der Waals surface area (Å²) in [6.07, 6.45) is 1.59. The highest BCUT2D eigenvalue weighted by molar-refractivity contribution is 7.99. The van der Waals surface area contributed by atoms with Gasteiger partial charge in [0.25, 0.3) is 0 Å². The lowest BCUT2D eigenvalue weighted by molar-refractivity contribution is -0.116. The van der Waals surface area contributed by atoms with Gasteiger partial charge in [0.2, 0.25) is 11.8 Å². The van der Waals surface area contributed by atoms with Crippen LogP contribution in [0.1, 0.15) is 24.5 Å². The molecule has 10 heteroatoms. The highest BCUT2D eigenvalue weighted by Crippen LogP contribution is 2.35. The molecule has 0 aliphatic rings. The molecule has 32 heavy (non-hydrogen) atoms. The van der Waals surface area contributed by atoms with Gasteiger partial charge in [-0.2, -0.15) is 10.5 Å². The average molecular weight is 446 g/mol. The second kappa shape index (κ2) is 10.2. The highest BCUT2D eigenvalue weighted by Gasteiger charge is 2.22. The molecule has 0 bridgehead atoms. The van der Waals surface area contributed by atoms with E-state index in [1.807, 2.05) is 6.07 Å². The zero-order chi connectivity index (χ0) is 23.1. The topological polar surface area (TPSA) is 158 Å². The number of thioether (sulfide) groups is 1. The number of nitrogens with two attached hydrogens (primary N) is 1. The zero-order valence-corrected chi connectivity index (χ0v) is 17.8. The van der Waals surface area contributed by atoms with Gasteiger partial charge in [0, 0.05) is 30.5 Å².